The summed E-state index contributed by atoms with van der Waals surface area (Å²) in [5.74, 6) is 0.709. The van der Waals surface area contributed by atoms with Gasteiger partial charge < -0.3 is 14.4 Å². The normalized spacial score (nSPS) is 18.8. The topological polar surface area (TPSA) is 77.1 Å². The van der Waals surface area contributed by atoms with Crippen LogP contribution in [0.3, 0.4) is 0 Å². The van der Waals surface area contributed by atoms with Crippen LogP contribution in [0.15, 0.2) is 57.8 Å². The first-order valence-corrected chi connectivity index (χ1v) is 11.3. The van der Waals surface area contributed by atoms with Crippen LogP contribution in [-0.4, -0.2) is 15.6 Å². The third kappa shape index (κ3) is 3.69. The predicted octanol–water partition coefficient (Wildman–Crippen LogP) is 5.86. The van der Waals surface area contributed by atoms with E-state index in [1.165, 1.54) is 0 Å². The lowest BCUT2D eigenvalue weighted by Gasteiger charge is -2.31. The molecule has 0 saturated heterocycles. The number of carbonyl (C=O) groups is 1. The van der Waals surface area contributed by atoms with E-state index in [-0.39, 0.29) is 23.4 Å². The van der Waals surface area contributed by atoms with Gasteiger partial charge in [-0.25, -0.2) is 0 Å². The lowest BCUT2D eigenvalue weighted by Crippen LogP contribution is -2.30. The number of nitrogens with zero attached hydrogens (tertiary/aromatic N) is 2. The van der Waals surface area contributed by atoms with Crippen LogP contribution in [0.25, 0.3) is 21.8 Å². The average Bonchev–Trinajstić information content (AvgIpc) is 3.16. The number of hydrogen-bond donors (Lipinski definition) is 1. The van der Waals surface area contributed by atoms with E-state index in [1.54, 1.807) is 13.0 Å². The second-order valence-corrected chi connectivity index (χ2v) is 8.98. The van der Waals surface area contributed by atoms with Crippen LogP contribution in [0, 0.1) is 12.8 Å². The average molecular weight is 450 g/mol. The zero-order valence-corrected chi connectivity index (χ0v) is 18.6. The van der Waals surface area contributed by atoms with Crippen molar-refractivity contribution in [3.63, 3.8) is 0 Å². The number of pyridine rings is 1. The maximum Gasteiger partial charge on any atom is 0.264 e. The highest BCUT2D eigenvalue weighted by Crippen LogP contribution is 2.38. The molecule has 5 rings (SSSR count). The third-order valence-electron chi connectivity index (χ3n) is 6.44. The van der Waals surface area contributed by atoms with Crippen molar-refractivity contribution in [2.45, 2.75) is 45.1 Å². The Labute approximate surface area is 190 Å². The molecule has 1 aliphatic rings. The van der Waals surface area contributed by atoms with Crippen molar-refractivity contribution in [3.05, 3.63) is 69.7 Å². The smallest absolute Gasteiger partial charge is 0.264 e. The number of benzene rings is 2. The summed E-state index contributed by atoms with van der Waals surface area (Å²) in [6, 6.07) is 15.1. The molecular weight excluding hydrogens is 426 g/mol. The van der Waals surface area contributed by atoms with Gasteiger partial charge in [-0.1, -0.05) is 47.4 Å². The number of para-hydroxylation sites is 1. The number of carbonyl (C=O) groups excluding carboxylic acids is 1. The molecule has 6 nitrogen and oxygen atoms in total. The van der Waals surface area contributed by atoms with E-state index in [9.17, 15) is 9.59 Å². The van der Waals surface area contributed by atoms with Gasteiger partial charge in [-0.3, -0.25) is 9.59 Å². The lowest BCUT2D eigenvalue weighted by atomic mass is 9.83. The third-order valence-corrected chi connectivity index (χ3v) is 6.75. The molecule has 0 spiro atoms. The molecule has 0 aliphatic heterocycles. The molecule has 7 heteroatoms. The number of fused-ring (bicyclic) bond motifs is 3. The zero-order valence-electron chi connectivity index (χ0n) is 17.8. The molecular formula is C25H24ClN3O3. The van der Waals surface area contributed by atoms with E-state index in [1.807, 2.05) is 47.0 Å². The van der Waals surface area contributed by atoms with Crippen molar-refractivity contribution in [2.75, 3.05) is 5.32 Å². The van der Waals surface area contributed by atoms with Crippen LogP contribution in [0.4, 0.5) is 5.69 Å². The highest BCUT2D eigenvalue weighted by atomic mass is 35.5. The van der Waals surface area contributed by atoms with E-state index >= 15 is 0 Å². The molecule has 1 N–H and O–H groups in total. The molecule has 2 heterocycles. The molecule has 4 aromatic rings. The Bertz CT molecular complexity index is 1360. The van der Waals surface area contributed by atoms with Crippen molar-refractivity contribution in [3.8, 4) is 0 Å². The van der Waals surface area contributed by atoms with Crippen LogP contribution in [0.1, 0.15) is 43.9 Å². The van der Waals surface area contributed by atoms with E-state index < -0.39 is 0 Å². The quantitative estimate of drug-likeness (QED) is 0.423. The summed E-state index contributed by atoms with van der Waals surface area (Å²) in [5.41, 5.74) is 1.98. The van der Waals surface area contributed by atoms with E-state index in [0.717, 1.165) is 42.3 Å². The minimum atomic E-state index is -0.104. The number of amides is 1. The molecule has 1 aliphatic carbocycles. The molecule has 164 valence electrons. The first-order chi connectivity index (χ1) is 15.5. The lowest BCUT2D eigenvalue weighted by molar-refractivity contribution is -0.117. The molecule has 2 aromatic carbocycles. The summed E-state index contributed by atoms with van der Waals surface area (Å²) in [6.07, 6.45) is 4.02. The number of anilines is 1. The van der Waals surface area contributed by atoms with Gasteiger partial charge in [0.2, 0.25) is 5.91 Å². The van der Waals surface area contributed by atoms with Gasteiger partial charge in [-0.2, -0.15) is 0 Å². The highest BCUT2D eigenvalue weighted by Gasteiger charge is 2.29. The number of aryl methyl sites for hydroxylation is 1. The van der Waals surface area contributed by atoms with Crippen LogP contribution < -0.4 is 10.9 Å². The van der Waals surface area contributed by atoms with Gasteiger partial charge in [0, 0.05) is 23.5 Å². The number of hydrogen-bond acceptors (Lipinski definition) is 4. The molecule has 0 bridgehead atoms. The molecule has 1 fully saturated rings. The Hall–Kier alpha value is -3.12. The number of rotatable bonds is 4. The maximum atomic E-state index is 13.5. The second-order valence-electron chi connectivity index (χ2n) is 8.58. The molecule has 1 amide bonds. The molecule has 1 saturated carbocycles. The largest absolute Gasteiger partial charge is 0.360 e. The number of aromatic nitrogens is 2. The molecule has 2 aromatic heterocycles. The number of halogens is 1. The minimum absolute atomic E-state index is 0.00688. The summed E-state index contributed by atoms with van der Waals surface area (Å²) in [4.78, 5) is 26.2. The van der Waals surface area contributed by atoms with Gasteiger partial charge >= 0.3 is 0 Å². The maximum absolute atomic E-state index is 13.5. The van der Waals surface area contributed by atoms with Gasteiger partial charge in [0.1, 0.15) is 16.7 Å². The monoisotopic (exact) mass is 449 g/mol. The Kier molecular flexibility index (Phi) is 5.47. The Morgan fingerprint density at radius 1 is 1.16 bits per heavy atom. The standard InChI is InChI=1S/C25H24ClN3O3/c1-15-22-24(28-32-15)23-19(26)11-6-12-20(23)29(25(22)31)18-10-5-7-16(13-18)14-21(30)27-17-8-3-2-4-9-17/h2-4,6,8-9,11-12,16,18H,5,7,10,13-14H2,1H3,(H,27,30). The van der Waals surface area contributed by atoms with Crippen LogP contribution in [-0.2, 0) is 4.79 Å². The first-order valence-electron chi connectivity index (χ1n) is 11.0. The van der Waals surface area contributed by atoms with Crippen LogP contribution in [0.5, 0.6) is 0 Å². The second kappa shape index (κ2) is 8.43. The zero-order chi connectivity index (χ0) is 22.2. The summed E-state index contributed by atoms with van der Waals surface area (Å²) >= 11 is 6.53. The van der Waals surface area contributed by atoms with E-state index in [0.29, 0.717) is 28.1 Å². The summed E-state index contributed by atoms with van der Waals surface area (Å²) in [5, 5.41) is 8.86. The van der Waals surface area contributed by atoms with Crippen molar-refractivity contribution >= 4 is 45.0 Å². The molecule has 2 unspecified atom stereocenters. The summed E-state index contributed by atoms with van der Waals surface area (Å²) in [7, 11) is 0. The predicted molar refractivity (Wildman–Crippen MR) is 126 cm³/mol. The molecule has 32 heavy (non-hydrogen) atoms. The highest BCUT2D eigenvalue weighted by molar-refractivity contribution is 6.37. The molecule has 2 atom stereocenters. The van der Waals surface area contributed by atoms with Crippen molar-refractivity contribution in [2.24, 2.45) is 5.92 Å². The van der Waals surface area contributed by atoms with Crippen molar-refractivity contribution in [1.82, 2.24) is 9.72 Å². The minimum Gasteiger partial charge on any atom is -0.360 e. The van der Waals surface area contributed by atoms with Crippen molar-refractivity contribution in [1.29, 1.82) is 0 Å². The first kappa shape index (κ1) is 20.8. The van der Waals surface area contributed by atoms with Gasteiger partial charge in [0.05, 0.1) is 10.5 Å². The van der Waals surface area contributed by atoms with Gasteiger partial charge in [-0.05, 0) is 56.4 Å². The van der Waals surface area contributed by atoms with Gasteiger partial charge in [-0.15, -0.1) is 0 Å². The molecule has 0 radical (unpaired) electrons. The van der Waals surface area contributed by atoms with E-state index in [4.69, 9.17) is 16.1 Å². The van der Waals surface area contributed by atoms with Crippen LogP contribution in [0.2, 0.25) is 5.02 Å². The van der Waals surface area contributed by atoms with Gasteiger partial charge in [0.15, 0.2) is 0 Å². The Morgan fingerprint density at radius 2 is 1.97 bits per heavy atom. The van der Waals surface area contributed by atoms with Crippen LogP contribution >= 0.6 is 11.6 Å². The SMILES string of the molecule is Cc1onc2c1c(=O)n(C1CCCC(CC(=O)Nc3ccccc3)C1)c1cccc(Cl)c21. The Balaban J connectivity index is 1.48. The van der Waals surface area contributed by atoms with Gasteiger partial charge in [0.25, 0.3) is 5.56 Å². The van der Waals surface area contributed by atoms with Crippen molar-refractivity contribution < 1.29 is 9.32 Å². The fraction of sp³-hybridized carbons (Fsp3) is 0.320. The Morgan fingerprint density at radius 3 is 2.78 bits per heavy atom. The van der Waals surface area contributed by atoms with E-state index in [2.05, 4.69) is 10.5 Å². The summed E-state index contributed by atoms with van der Waals surface area (Å²) in [6.45, 7) is 1.75. The fourth-order valence-corrected chi connectivity index (χ4v) is 5.27. The fourth-order valence-electron chi connectivity index (χ4n) is 5.01. The number of nitrogens with one attached hydrogen (secondary N) is 1. The summed E-state index contributed by atoms with van der Waals surface area (Å²) < 4.78 is 7.21.